The molecule has 8 heteroatoms. The zero-order valence-electron chi connectivity index (χ0n) is 19.1. The number of carbonyl (C=O) groups excluding carboxylic acids is 1. The van der Waals surface area contributed by atoms with Crippen LogP contribution in [0.25, 0.3) is 11.1 Å². The summed E-state index contributed by atoms with van der Waals surface area (Å²) in [5.41, 5.74) is 17.3. The van der Waals surface area contributed by atoms with Gasteiger partial charge < -0.3 is 21.9 Å². The first kappa shape index (κ1) is 24.0. The van der Waals surface area contributed by atoms with E-state index in [0.29, 0.717) is 23.8 Å². The first-order chi connectivity index (χ1) is 15.7. The highest BCUT2D eigenvalue weighted by atomic mass is 16.4. The number of aromatic carboxylic acids is 1. The van der Waals surface area contributed by atoms with Crippen LogP contribution in [0.2, 0.25) is 0 Å². The average Bonchev–Trinajstić information content (AvgIpc) is 2.80. The summed E-state index contributed by atoms with van der Waals surface area (Å²) in [5, 5.41) is 12.1. The Balaban J connectivity index is 2.15. The Bertz CT molecular complexity index is 1170. The van der Waals surface area contributed by atoms with Crippen molar-refractivity contribution in [2.75, 3.05) is 5.32 Å². The summed E-state index contributed by atoms with van der Waals surface area (Å²) in [7, 11) is 0. The fourth-order valence-corrected chi connectivity index (χ4v) is 3.71. The van der Waals surface area contributed by atoms with Crippen LogP contribution in [0.15, 0.2) is 42.5 Å². The highest BCUT2D eigenvalue weighted by Crippen LogP contribution is 2.36. The molecule has 0 aliphatic heterocycles. The topological polar surface area (TPSA) is 144 Å². The van der Waals surface area contributed by atoms with Gasteiger partial charge >= 0.3 is 5.97 Å². The van der Waals surface area contributed by atoms with E-state index in [4.69, 9.17) is 16.5 Å². The van der Waals surface area contributed by atoms with Crippen molar-refractivity contribution >= 4 is 17.6 Å². The zero-order valence-corrected chi connectivity index (χ0v) is 19.1. The van der Waals surface area contributed by atoms with E-state index < -0.39 is 11.9 Å². The van der Waals surface area contributed by atoms with Gasteiger partial charge in [0.05, 0.1) is 11.4 Å². The number of carboxylic acids is 1. The van der Waals surface area contributed by atoms with Crippen LogP contribution in [0.4, 0.5) is 5.69 Å². The quantitative estimate of drug-likeness (QED) is 0.413. The predicted molar refractivity (Wildman–Crippen MR) is 128 cm³/mol. The van der Waals surface area contributed by atoms with Gasteiger partial charge in [-0.15, -0.1) is 0 Å². The summed E-state index contributed by atoms with van der Waals surface area (Å²) in [6.07, 6.45) is 0.748. The second-order valence-corrected chi connectivity index (χ2v) is 8.24. The van der Waals surface area contributed by atoms with Crippen LogP contribution in [-0.2, 0) is 19.5 Å². The highest BCUT2D eigenvalue weighted by molar-refractivity contribution is 6.06. The van der Waals surface area contributed by atoms with Crippen molar-refractivity contribution in [3.8, 4) is 11.1 Å². The molecule has 0 aliphatic rings. The Kier molecular flexibility index (Phi) is 7.52. The number of nitrogens with one attached hydrogen (secondary N) is 1. The van der Waals surface area contributed by atoms with E-state index in [1.807, 2.05) is 31.2 Å². The summed E-state index contributed by atoms with van der Waals surface area (Å²) in [6, 6.07) is 12.1. The molecule has 6 N–H and O–H groups in total. The number of carboxylic acid groups (broad SMARTS) is 1. The van der Waals surface area contributed by atoms with E-state index in [2.05, 4.69) is 24.1 Å². The summed E-state index contributed by atoms with van der Waals surface area (Å²) in [6.45, 7) is 6.73. The maximum Gasteiger partial charge on any atom is 0.354 e. The van der Waals surface area contributed by atoms with Crippen LogP contribution >= 0.6 is 0 Å². The van der Waals surface area contributed by atoms with Gasteiger partial charge in [0.15, 0.2) is 0 Å². The normalized spacial score (nSPS) is 11.0. The van der Waals surface area contributed by atoms with Gasteiger partial charge in [0, 0.05) is 24.3 Å². The fraction of sp³-hybridized carbons (Fsp3) is 0.280. The molecule has 1 amide bonds. The molecule has 0 radical (unpaired) electrons. The number of aromatic nitrogens is 2. The molecule has 0 aliphatic carbocycles. The minimum atomic E-state index is -1.20. The summed E-state index contributed by atoms with van der Waals surface area (Å²) in [5.74, 6) is -1.35. The second kappa shape index (κ2) is 10.3. The van der Waals surface area contributed by atoms with Crippen LogP contribution in [0.5, 0.6) is 0 Å². The second-order valence-electron chi connectivity index (χ2n) is 8.24. The lowest BCUT2D eigenvalue weighted by Crippen LogP contribution is -2.19. The maximum atomic E-state index is 13.0. The number of rotatable bonds is 8. The lowest BCUT2D eigenvalue weighted by molar-refractivity contribution is 0.0690. The van der Waals surface area contributed by atoms with Gasteiger partial charge in [0.2, 0.25) is 0 Å². The largest absolute Gasteiger partial charge is 0.477 e. The number of pyridine rings is 2. The smallest absolute Gasteiger partial charge is 0.354 e. The van der Waals surface area contributed by atoms with E-state index in [1.54, 1.807) is 0 Å². The number of anilines is 1. The Morgan fingerprint density at radius 3 is 2.24 bits per heavy atom. The highest BCUT2D eigenvalue weighted by Gasteiger charge is 2.22. The van der Waals surface area contributed by atoms with E-state index >= 15 is 0 Å². The first-order valence-electron chi connectivity index (χ1n) is 10.8. The Morgan fingerprint density at radius 2 is 1.67 bits per heavy atom. The van der Waals surface area contributed by atoms with Gasteiger partial charge in [0.25, 0.3) is 5.91 Å². The third kappa shape index (κ3) is 5.42. The van der Waals surface area contributed by atoms with E-state index in [-0.39, 0.29) is 17.9 Å². The lowest BCUT2D eigenvalue weighted by Gasteiger charge is -2.21. The first-order valence-corrected chi connectivity index (χ1v) is 10.8. The summed E-state index contributed by atoms with van der Waals surface area (Å²) in [4.78, 5) is 33.0. The van der Waals surface area contributed by atoms with Crippen molar-refractivity contribution in [3.63, 3.8) is 0 Å². The number of nitrogens with zero attached hydrogens (tertiary/aromatic N) is 2. The van der Waals surface area contributed by atoms with Crippen LogP contribution in [-0.4, -0.2) is 27.0 Å². The third-order valence-electron chi connectivity index (χ3n) is 5.29. The molecule has 0 unspecified atom stereocenters. The van der Waals surface area contributed by atoms with Gasteiger partial charge in [-0.05, 0) is 48.1 Å². The molecule has 0 saturated carbocycles. The fourth-order valence-electron chi connectivity index (χ4n) is 3.71. The van der Waals surface area contributed by atoms with Crippen molar-refractivity contribution < 1.29 is 14.7 Å². The Hall–Kier alpha value is -3.62. The van der Waals surface area contributed by atoms with Gasteiger partial charge in [0.1, 0.15) is 11.4 Å². The monoisotopic (exact) mass is 447 g/mol. The lowest BCUT2D eigenvalue weighted by atomic mass is 9.92. The van der Waals surface area contributed by atoms with Gasteiger partial charge in [-0.3, -0.25) is 9.78 Å². The van der Waals surface area contributed by atoms with Crippen molar-refractivity contribution in [2.24, 2.45) is 17.4 Å². The Morgan fingerprint density at radius 1 is 1.00 bits per heavy atom. The molecule has 3 aromatic rings. The van der Waals surface area contributed by atoms with Crippen molar-refractivity contribution in [1.29, 1.82) is 0 Å². The Labute approximate surface area is 193 Å². The molecule has 8 nitrogen and oxygen atoms in total. The minimum Gasteiger partial charge on any atom is -0.477 e. The number of nitrogens with two attached hydrogens (primary N) is 2. The van der Waals surface area contributed by atoms with Crippen molar-refractivity contribution in [3.05, 3.63) is 76.4 Å². The van der Waals surface area contributed by atoms with Gasteiger partial charge in [-0.25, -0.2) is 9.78 Å². The number of hydrogen-bond acceptors (Lipinski definition) is 6. The maximum absolute atomic E-state index is 13.0. The molecular weight excluding hydrogens is 418 g/mol. The van der Waals surface area contributed by atoms with Crippen molar-refractivity contribution in [2.45, 2.75) is 40.3 Å². The molecule has 0 atom stereocenters. The molecule has 0 saturated heterocycles. The predicted octanol–water partition coefficient (Wildman–Crippen LogP) is 3.52. The van der Waals surface area contributed by atoms with Crippen LogP contribution < -0.4 is 16.8 Å². The zero-order chi connectivity index (χ0) is 24.1. The van der Waals surface area contributed by atoms with Crippen molar-refractivity contribution in [1.82, 2.24) is 9.97 Å². The summed E-state index contributed by atoms with van der Waals surface area (Å²) < 4.78 is 0. The molecule has 0 bridgehead atoms. The van der Waals surface area contributed by atoms with Crippen LogP contribution in [0.3, 0.4) is 0 Å². The van der Waals surface area contributed by atoms with E-state index in [1.165, 1.54) is 18.2 Å². The molecule has 2 aromatic heterocycles. The molecular formula is C25H29N5O3. The standard InChI is InChI=1S/C25H29N5O3/c1-14(2)11-21-18(13-27)22(17-9-7-16(12-26)8-10-17)23(15(3)28-21)30-24(31)19-5-4-6-20(29-19)25(32)33/h4-10,14H,11-13,26-27H2,1-3H3,(H,30,31)(H,32,33). The SMILES string of the molecule is Cc1nc(CC(C)C)c(CN)c(-c2ccc(CN)cc2)c1NC(=O)c1cccc(C(=O)O)n1. The summed E-state index contributed by atoms with van der Waals surface area (Å²) >= 11 is 0. The van der Waals surface area contributed by atoms with Crippen LogP contribution in [0, 0.1) is 12.8 Å². The molecule has 172 valence electrons. The van der Waals surface area contributed by atoms with E-state index in [0.717, 1.165) is 34.4 Å². The molecule has 3 rings (SSSR count). The average molecular weight is 448 g/mol. The third-order valence-corrected chi connectivity index (χ3v) is 5.29. The van der Waals surface area contributed by atoms with Gasteiger partial charge in [-0.2, -0.15) is 0 Å². The van der Waals surface area contributed by atoms with Gasteiger partial charge in [-0.1, -0.05) is 44.2 Å². The van der Waals surface area contributed by atoms with E-state index in [9.17, 15) is 14.7 Å². The molecule has 2 heterocycles. The molecule has 1 aromatic carbocycles. The molecule has 0 fully saturated rings. The number of carbonyl (C=O) groups is 2. The number of benzene rings is 1. The minimum absolute atomic E-state index is 0.000662. The molecule has 33 heavy (non-hydrogen) atoms. The number of amides is 1. The number of hydrogen-bond donors (Lipinski definition) is 4. The molecule has 0 spiro atoms. The number of aryl methyl sites for hydroxylation is 1. The van der Waals surface area contributed by atoms with Crippen LogP contribution in [0.1, 0.15) is 57.3 Å².